The number of nitrogens with one attached hydrogen (secondary N) is 1. The Hall–Kier alpha value is -2.09. The van der Waals surface area contributed by atoms with Gasteiger partial charge in [-0.2, -0.15) is 0 Å². The summed E-state index contributed by atoms with van der Waals surface area (Å²) in [5.74, 6) is -0.355. The quantitative estimate of drug-likeness (QED) is 0.766. The minimum atomic E-state index is -3.65. The Balaban J connectivity index is 2.04. The van der Waals surface area contributed by atoms with E-state index in [2.05, 4.69) is 10.2 Å². The monoisotopic (exact) mass is 435 g/mol. The molecule has 0 bridgehead atoms. The highest BCUT2D eigenvalue weighted by Crippen LogP contribution is 2.30. The number of hydrogen-bond donors (Lipinski definition) is 1. The average molecular weight is 436 g/mol. The summed E-state index contributed by atoms with van der Waals surface area (Å²) in [5.41, 5.74) is 2.46. The second-order valence-corrected chi connectivity index (χ2v) is 9.94. The van der Waals surface area contributed by atoms with Crippen LogP contribution < -0.4 is 10.2 Å². The number of sulfonamides is 1. The number of halogens is 1. The number of benzene rings is 2. The Morgan fingerprint density at radius 2 is 1.79 bits per heavy atom. The maximum Gasteiger partial charge on any atom is 0.257 e. The van der Waals surface area contributed by atoms with E-state index in [1.165, 1.54) is 20.2 Å². The largest absolute Gasteiger partial charge is 0.371 e. The minimum Gasteiger partial charge on any atom is -0.371 e. The standard InChI is InChI=1S/C21H26ClN3O3S/c1-15-18(22)8-7-9-19(15)23-21(26)17-14-16(29(27,28)24(2)3)10-11-20(17)25-12-5-4-6-13-25/h7-11,14H,4-6,12-13H2,1-3H3,(H,23,26). The highest BCUT2D eigenvalue weighted by molar-refractivity contribution is 7.89. The molecule has 156 valence electrons. The Morgan fingerprint density at radius 1 is 1.10 bits per heavy atom. The molecule has 1 saturated heterocycles. The zero-order valence-electron chi connectivity index (χ0n) is 16.9. The van der Waals surface area contributed by atoms with Crippen molar-refractivity contribution in [2.75, 3.05) is 37.4 Å². The Labute approximate surface area is 177 Å². The van der Waals surface area contributed by atoms with E-state index in [1.54, 1.807) is 30.3 Å². The van der Waals surface area contributed by atoms with Gasteiger partial charge in [0, 0.05) is 43.6 Å². The third-order valence-corrected chi connectivity index (χ3v) is 7.42. The highest BCUT2D eigenvalue weighted by atomic mass is 35.5. The van der Waals surface area contributed by atoms with Crippen LogP contribution in [0.25, 0.3) is 0 Å². The van der Waals surface area contributed by atoms with Gasteiger partial charge in [-0.25, -0.2) is 12.7 Å². The van der Waals surface area contributed by atoms with Gasteiger partial charge in [0.05, 0.1) is 10.5 Å². The lowest BCUT2D eigenvalue weighted by Crippen LogP contribution is -2.32. The van der Waals surface area contributed by atoms with Gasteiger partial charge in [-0.15, -0.1) is 0 Å². The molecule has 0 spiro atoms. The first-order valence-electron chi connectivity index (χ1n) is 9.60. The average Bonchev–Trinajstić information content (AvgIpc) is 2.71. The Morgan fingerprint density at radius 3 is 2.45 bits per heavy atom. The maximum absolute atomic E-state index is 13.2. The van der Waals surface area contributed by atoms with Crippen LogP contribution in [0.4, 0.5) is 11.4 Å². The summed E-state index contributed by atoms with van der Waals surface area (Å²) < 4.78 is 26.4. The van der Waals surface area contributed by atoms with Crippen LogP contribution in [0.5, 0.6) is 0 Å². The number of rotatable bonds is 5. The van der Waals surface area contributed by atoms with Crippen LogP contribution in [0.15, 0.2) is 41.3 Å². The summed E-state index contributed by atoms with van der Waals surface area (Å²) >= 11 is 6.17. The highest BCUT2D eigenvalue weighted by Gasteiger charge is 2.24. The second-order valence-electron chi connectivity index (χ2n) is 7.38. The normalized spacial score (nSPS) is 14.9. The number of amides is 1. The molecule has 8 heteroatoms. The van der Waals surface area contributed by atoms with Crippen molar-refractivity contribution < 1.29 is 13.2 Å². The summed E-state index contributed by atoms with van der Waals surface area (Å²) in [6, 6.07) is 10.1. The fraction of sp³-hybridized carbons (Fsp3) is 0.381. The van der Waals surface area contributed by atoms with E-state index in [1.807, 2.05) is 6.92 Å². The van der Waals surface area contributed by atoms with Gasteiger partial charge in [0.15, 0.2) is 0 Å². The molecule has 1 amide bonds. The van der Waals surface area contributed by atoms with E-state index in [-0.39, 0.29) is 10.8 Å². The van der Waals surface area contributed by atoms with Crippen molar-refractivity contribution in [2.45, 2.75) is 31.1 Å². The molecule has 0 aliphatic carbocycles. The van der Waals surface area contributed by atoms with Crippen molar-refractivity contribution in [1.29, 1.82) is 0 Å². The van der Waals surface area contributed by atoms with E-state index in [4.69, 9.17) is 11.6 Å². The molecule has 2 aromatic rings. The third kappa shape index (κ3) is 4.57. The third-order valence-electron chi connectivity index (χ3n) is 5.20. The zero-order valence-corrected chi connectivity index (χ0v) is 18.5. The second kappa shape index (κ2) is 8.73. The molecule has 0 aromatic heterocycles. The maximum atomic E-state index is 13.2. The van der Waals surface area contributed by atoms with E-state index < -0.39 is 10.0 Å². The van der Waals surface area contributed by atoms with Gasteiger partial charge in [0.25, 0.3) is 5.91 Å². The predicted octanol–water partition coefficient (Wildman–Crippen LogP) is 4.14. The van der Waals surface area contributed by atoms with Crippen LogP contribution in [0.3, 0.4) is 0 Å². The van der Waals surface area contributed by atoms with Crippen LogP contribution >= 0.6 is 11.6 Å². The van der Waals surface area contributed by atoms with Crippen molar-refractivity contribution in [2.24, 2.45) is 0 Å². The van der Waals surface area contributed by atoms with Gasteiger partial charge >= 0.3 is 0 Å². The molecule has 1 N–H and O–H groups in total. The van der Waals surface area contributed by atoms with Crippen LogP contribution in [0.1, 0.15) is 35.2 Å². The van der Waals surface area contributed by atoms with Gasteiger partial charge in [-0.05, 0) is 62.1 Å². The van der Waals surface area contributed by atoms with Crippen molar-refractivity contribution in [3.05, 3.63) is 52.5 Å². The summed E-state index contributed by atoms with van der Waals surface area (Å²) in [5, 5.41) is 3.45. The van der Waals surface area contributed by atoms with E-state index in [9.17, 15) is 13.2 Å². The summed E-state index contributed by atoms with van der Waals surface area (Å²) in [6.07, 6.45) is 3.26. The first-order chi connectivity index (χ1) is 13.7. The van der Waals surface area contributed by atoms with Crippen LogP contribution in [-0.4, -0.2) is 45.8 Å². The number of nitrogens with zero attached hydrogens (tertiary/aromatic N) is 2. The van der Waals surface area contributed by atoms with Crippen molar-refractivity contribution in [3.63, 3.8) is 0 Å². The fourth-order valence-electron chi connectivity index (χ4n) is 3.41. The van der Waals surface area contributed by atoms with Crippen LogP contribution in [0, 0.1) is 6.92 Å². The lowest BCUT2D eigenvalue weighted by Gasteiger charge is -2.30. The van der Waals surface area contributed by atoms with Crippen molar-refractivity contribution in [1.82, 2.24) is 4.31 Å². The lowest BCUT2D eigenvalue weighted by atomic mass is 10.1. The predicted molar refractivity (Wildman–Crippen MR) is 118 cm³/mol. The molecule has 3 rings (SSSR count). The van der Waals surface area contributed by atoms with Gasteiger partial charge in [0.1, 0.15) is 0 Å². The molecule has 1 aliphatic heterocycles. The molecule has 1 heterocycles. The zero-order chi connectivity index (χ0) is 21.2. The Bertz CT molecular complexity index is 1020. The molecule has 1 fully saturated rings. The number of hydrogen-bond acceptors (Lipinski definition) is 4. The first-order valence-corrected chi connectivity index (χ1v) is 11.4. The molecular formula is C21H26ClN3O3S. The summed E-state index contributed by atoms with van der Waals surface area (Å²) in [7, 11) is -0.704. The summed E-state index contributed by atoms with van der Waals surface area (Å²) in [6.45, 7) is 3.52. The number of carbonyl (C=O) groups excluding carboxylic acids is 1. The topological polar surface area (TPSA) is 69.7 Å². The fourth-order valence-corrected chi connectivity index (χ4v) is 4.51. The molecule has 1 aliphatic rings. The molecule has 0 atom stereocenters. The first kappa shape index (κ1) is 21.6. The van der Waals surface area contributed by atoms with E-state index >= 15 is 0 Å². The van der Waals surface area contributed by atoms with E-state index in [0.29, 0.717) is 16.3 Å². The molecule has 6 nitrogen and oxygen atoms in total. The smallest absolute Gasteiger partial charge is 0.257 e. The molecule has 2 aromatic carbocycles. The van der Waals surface area contributed by atoms with Crippen molar-refractivity contribution in [3.8, 4) is 0 Å². The van der Waals surface area contributed by atoms with Crippen molar-refractivity contribution >= 4 is 38.9 Å². The summed E-state index contributed by atoms with van der Waals surface area (Å²) in [4.78, 5) is 15.4. The molecular weight excluding hydrogens is 410 g/mol. The minimum absolute atomic E-state index is 0.0937. The SMILES string of the molecule is Cc1c(Cl)cccc1NC(=O)c1cc(S(=O)(=O)N(C)C)ccc1N1CCCCC1. The Kier molecular flexibility index (Phi) is 6.51. The van der Waals surface area contributed by atoms with Gasteiger partial charge in [-0.3, -0.25) is 4.79 Å². The lowest BCUT2D eigenvalue weighted by molar-refractivity contribution is 0.102. The van der Waals surface area contributed by atoms with Gasteiger partial charge in [-0.1, -0.05) is 17.7 Å². The number of piperidine rings is 1. The molecule has 0 radical (unpaired) electrons. The molecule has 29 heavy (non-hydrogen) atoms. The van der Waals surface area contributed by atoms with Crippen LogP contribution in [0.2, 0.25) is 5.02 Å². The van der Waals surface area contributed by atoms with Crippen LogP contribution in [-0.2, 0) is 10.0 Å². The van der Waals surface area contributed by atoms with Gasteiger partial charge in [0.2, 0.25) is 10.0 Å². The van der Waals surface area contributed by atoms with E-state index in [0.717, 1.165) is 47.9 Å². The van der Waals surface area contributed by atoms with Gasteiger partial charge < -0.3 is 10.2 Å². The molecule has 0 unspecified atom stereocenters. The number of anilines is 2. The number of carbonyl (C=O) groups is 1. The molecule has 0 saturated carbocycles.